The van der Waals surface area contributed by atoms with E-state index in [1.54, 1.807) is 64.3 Å². The molecule has 0 aromatic heterocycles. The molecule has 2 aromatic carbocycles. The van der Waals surface area contributed by atoms with Gasteiger partial charge in [0, 0.05) is 11.1 Å². The average molecular weight is 344 g/mol. The van der Waals surface area contributed by atoms with Crippen molar-refractivity contribution in [3.63, 3.8) is 0 Å². The van der Waals surface area contributed by atoms with E-state index in [1.165, 1.54) is 0 Å². The minimum absolute atomic E-state index is 0.00882. The summed E-state index contributed by atoms with van der Waals surface area (Å²) in [4.78, 5) is 11.9. The van der Waals surface area contributed by atoms with Gasteiger partial charge in [-0.05, 0) is 57.0 Å². The van der Waals surface area contributed by atoms with Crippen molar-refractivity contribution in [3.05, 3.63) is 47.5 Å². The second-order valence-corrected chi connectivity index (χ2v) is 6.87. The molecule has 0 amide bonds. The van der Waals surface area contributed by atoms with Gasteiger partial charge < -0.3 is 19.7 Å². The third-order valence-corrected chi connectivity index (χ3v) is 3.78. The van der Waals surface area contributed by atoms with Gasteiger partial charge in [0.05, 0.1) is 12.7 Å². The number of aliphatic carboxylic acids is 1. The van der Waals surface area contributed by atoms with Crippen molar-refractivity contribution in [1.82, 2.24) is 0 Å². The summed E-state index contributed by atoms with van der Waals surface area (Å²) < 4.78 is 11.0. The van der Waals surface area contributed by atoms with E-state index in [-0.39, 0.29) is 5.75 Å². The summed E-state index contributed by atoms with van der Waals surface area (Å²) in [5, 5.41) is 20.2. The summed E-state index contributed by atoms with van der Waals surface area (Å²) in [7, 11) is 1.57. The van der Waals surface area contributed by atoms with Gasteiger partial charge in [0.2, 0.25) is 0 Å². The third-order valence-electron chi connectivity index (χ3n) is 3.78. The van der Waals surface area contributed by atoms with Crippen molar-refractivity contribution in [3.8, 4) is 22.6 Å². The molecule has 0 saturated carbocycles. The van der Waals surface area contributed by atoms with Gasteiger partial charge in [0.1, 0.15) is 11.5 Å². The number of aromatic hydroxyl groups is 1. The number of ether oxygens (including phenoxy) is 2. The normalized spacial score (nSPS) is 12.7. The molecule has 0 aliphatic carbocycles. The molecule has 25 heavy (non-hydrogen) atoms. The van der Waals surface area contributed by atoms with Gasteiger partial charge in [-0.15, -0.1) is 0 Å². The molecular weight excluding hydrogens is 320 g/mol. The molecule has 0 radical (unpaired) electrons. The Balaban J connectivity index is 2.67. The van der Waals surface area contributed by atoms with Crippen LogP contribution >= 0.6 is 0 Å². The highest BCUT2D eigenvalue weighted by Gasteiger charge is 2.31. The van der Waals surface area contributed by atoms with E-state index < -0.39 is 17.7 Å². The van der Waals surface area contributed by atoms with Crippen LogP contribution < -0.4 is 4.74 Å². The van der Waals surface area contributed by atoms with Crippen molar-refractivity contribution in [1.29, 1.82) is 0 Å². The Kier molecular flexibility index (Phi) is 5.38. The van der Waals surface area contributed by atoms with Crippen LogP contribution in [0.25, 0.3) is 11.1 Å². The number of aryl methyl sites for hydroxylation is 1. The van der Waals surface area contributed by atoms with E-state index in [0.29, 0.717) is 22.4 Å². The van der Waals surface area contributed by atoms with Crippen LogP contribution in [0, 0.1) is 6.92 Å². The number of hydrogen-bond acceptors (Lipinski definition) is 4. The van der Waals surface area contributed by atoms with Gasteiger partial charge >= 0.3 is 5.97 Å². The number of carbonyl (C=O) groups is 1. The van der Waals surface area contributed by atoms with Crippen molar-refractivity contribution >= 4 is 5.97 Å². The molecule has 0 saturated heterocycles. The Labute approximate surface area is 147 Å². The Morgan fingerprint density at radius 1 is 1.08 bits per heavy atom. The van der Waals surface area contributed by atoms with Crippen molar-refractivity contribution in [2.24, 2.45) is 0 Å². The lowest BCUT2D eigenvalue weighted by Gasteiger charge is -2.28. The largest absolute Gasteiger partial charge is 0.507 e. The number of hydrogen-bond donors (Lipinski definition) is 2. The maximum Gasteiger partial charge on any atom is 0.337 e. The number of benzene rings is 2. The van der Waals surface area contributed by atoms with Gasteiger partial charge in [-0.25, -0.2) is 4.79 Å². The zero-order chi connectivity index (χ0) is 18.8. The maximum atomic E-state index is 11.9. The molecule has 2 aromatic rings. The molecule has 5 nitrogen and oxygen atoms in total. The number of carboxylic acids is 1. The molecule has 2 rings (SSSR count). The second-order valence-electron chi connectivity index (χ2n) is 6.87. The van der Waals surface area contributed by atoms with Gasteiger partial charge in [-0.3, -0.25) is 0 Å². The summed E-state index contributed by atoms with van der Waals surface area (Å²) in [6, 6.07) is 10.4. The van der Waals surface area contributed by atoms with E-state index in [2.05, 4.69) is 0 Å². The molecule has 0 aliphatic heterocycles. The van der Waals surface area contributed by atoms with Crippen molar-refractivity contribution in [2.75, 3.05) is 7.11 Å². The Morgan fingerprint density at radius 3 is 2.16 bits per heavy atom. The van der Waals surface area contributed by atoms with Crippen LogP contribution in [0.1, 0.15) is 38.0 Å². The number of methoxy groups -OCH3 is 1. The average Bonchev–Trinajstić information content (AvgIpc) is 2.54. The van der Waals surface area contributed by atoms with E-state index in [1.807, 2.05) is 6.92 Å². The Bertz CT molecular complexity index is 757. The highest BCUT2D eigenvalue weighted by molar-refractivity contribution is 5.83. The van der Waals surface area contributed by atoms with Crippen LogP contribution in [0.3, 0.4) is 0 Å². The van der Waals surface area contributed by atoms with Crippen LogP contribution in [0.5, 0.6) is 11.5 Å². The fourth-order valence-corrected chi connectivity index (χ4v) is 2.70. The number of phenols is 1. The smallest absolute Gasteiger partial charge is 0.337 e. The molecule has 1 unspecified atom stereocenters. The van der Waals surface area contributed by atoms with E-state index in [4.69, 9.17) is 9.47 Å². The van der Waals surface area contributed by atoms with Crippen molar-refractivity contribution < 1.29 is 24.5 Å². The lowest BCUT2D eigenvalue weighted by atomic mass is 9.91. The van der Waals surface area contributed by atoms with Crippen LogP contribution in [0.15, 0.2) is 36.4 Å². The zero-order valence-corrected chi connectivity index (χ0v) is 15.2. The van der Waals surface area contributed by atoms with E-state index in [0.717, 1.165) is 5.56 Å². The highest BCUT2D eigenvalue weighted by Crippen LogP contribution is 2.40. The molecule has 0 heterocycles. The summed E-state index contributed by atoms with van der Waals surface area (Å²) in [6.45, 7) is 7.21. The minimum Gasteiger partial charge on any atom is -0.507 e. The predicted molar refractivity (Wildman–Crippen MR) is 96.0 cm³/mol. The van der Waals surface area contributed by atoms with Gasteiger partial charge in [-0.2, -0.15) is 0 Å². The summed E-state index contributed by atoms with van der Waals surface area (Å²) in [5.41, 5.74) is 1.69. The fraction of sp³-hybridized carbons (Fsp3) is 0.350. The molecular formula is C20H24O5. The first-order valence-corrected chi connectivity index (χ1v) is 8.01. The van der Waals surface area contributed by atoms with Crippen LogP contribution in [-0.4, -0.2) is 28.9 Å². The molecule has 134 valence electrons. The summed E-state index contributed by atoms with van der Waals surface area (Å²) in [6.07, 6.45) is -1.19. The predicted octanol–water partition coefficient (Wildman–Crippen LogP) is 4.32. The SMILES string of the molecule is COc1ccc(-c2c(O)ccc(C)c2C(OC(C)(C)C)C(=O)O)cc1. The van der Waals surface area contributed by atoms with E-state index in [9.17, 15) is 15.0 Å². The first-order chi connectivity index (χ1) is 11.6. The summed E-state index contributed by atoms with van der Waals surface area (Å²) in [5.74, 6) is -0.411. The fourth-order valence-electron chi connectivity index (χ4n) is 2.70. The highest BCUT2D eigenvalue weighted by atomic mass is 16.5. The van der Waals surface area contributed by atoms with Crippen molar-refractivity contribution in [2.45, 2.75) is 39.4 Å². The zero-order valence-electron chi connectivity index (χ0n) is 15.2. The Morgan fingerprint density at radius 2 is 1.68 bits per heavy atom. The topological polar surface area (TPSA) is 76.0 Å². The first-order valence-electron chi connectivity index (χ1n) is 8.01. The standard InChI is InChI=1S/C20H24O5/c1-12-6-11-15(21)17(13-7-9-14(24-5)10-8-13)16(12)18(19(22)23)25-20(2,3)4/h6-11,18,21H,1-5H3,(H,22,23). The van der Waals surface area contributed by atoms with Gasteiger partial charge in [0.25, 0.3) is 0 Å². The monoisotopic (exact) mass is 344 g/mol. The number of phenolic OH excluding ortho intramolecular Hbond substituents is 1. The number of carboxylic acid groups (broad SMARTS) is 1. The molecule has 0 aliphatic rings. The molecule has 0 fully saturated rings. The quantitative estimate of drug-likeness (QED) is 0.845. The lowest BCUT2D eigenvalue weighted by Crippen LogP contribution is -2.28. The molecule has 2 N–H and O–H groups in total. The number of rotatable bonds is 5. The Hall–Kier alpha value is -2.53. The van der Waals surface area contributed by atoms with Gasteiger partial charge in [0.15, 0.2) is 6.10 Å². The lowest BCUT2D eigenvalue weighted by molar-refractivity contribution is -0.160. The minimum atomic E-state index is -1.19. The molecule has 0 bridgehead atoms. The molecule has 1 atom stereocenters. The second kappa shape index (κ2) is 7.15. The maximum absolute atomic E-state index is 11.9. The van der Waals surface area contributed by atoms with Crippen LogP contribution in [0.4, 0.5) is 0 Å². The third kappa shape index (κ3) is 4.31. The molecule has 0 spiro atoms. The van der Waals surface area contributed by atoms with Gasteiger partial charge in [-0.1, -0.05) is 18.2 Å². The molecule has 5 heteroatoms. The summed E-state index contributed by atoms with van der Waals surface area (Å²) >= 11 is 0. The van der Waals surface area contributed by atoms with E-state index >= 15 is 0 Å². The van der Waals surface area contributed by atoms with Crippen LogP contribution in [-0.2, 0) is 9.53 Å². The first kappa shape index (κ1) is 18.8. The van der Waals surface area contributed by atoms with Crippen LogP contribution in [0.2, 0.25) is 0 Å².